The summed E-state index contributed by atoms with van der Waals surface area (Å²) in [4.78, 5) is 29.5. The van der Waals surface area contributed by atoms with Gasteiger partial charge in [-0.25, -0.2) is 9.87 Å². The van der Waals surface area contributed by atoms with E-state index in [-0.39, 0.29) is 36.5 Å². The number of carbonyl (C=O) groups is 2. The summed E-state index contributed by atoms with van der Waals surface area (Å²) in [6, 6.07) is 4.44. The Morgan fingerprint density at radius 3 is 2.44 bits per heavy atom. The van der Waals surface area contributed by atoms with Gasteiger partial charge in [-0.2, -0.15) is 18.2 Å². The standard InChI is InChI=1S/C25H28F4N4O6/c1-24(2,3)19(20-31-23(39-33-20)17-8-5-9-38-17)30-21(35)16(18(34)22(36)32-37)7-4-6-13-10-14(25(27,28)29)12-15(26)11-13/h5,8-12,16,18-19,34,37H,4,6-7H2,1-3H3,(H,30,35)(H,32,36)/t16-,18+,19-/m1/s1. The van der Waals surface area contributed by atoms with E-state index in [0.717, 1.165) is 12.1 Å². The molecule has 0 aliphatic heterocycles. The molecule has 2 amide bonds. The van der Waals surface area contributed by atoms with Crippen LogP contribution in [0.4, 0.5) is 17.6 Å². The van der Waals surface area contributed by atoms with E-state index >= 15 is 0 Å². The molecule has 4 N–H and O–H groups in total. The quantitative estimate of drug-likeness (QED) is 0.165. The summed E-state index contributed by atoms with van der Waals surface area (Å²) in [6.07, 6.45) is -5.62. The van der Waals surface area contributed by atoms with E-state index in [1.54, 1.807) is 32.9 Å². The van der Waals surface area contributed by atoms with Crippen LogP contribution in [0.3, 0.4) is 0 Å². The van der Waals surface area contributed by atoms with Crippen molar-refractivity contribution in [1.29, 1.82) is 0 Å². The molecule has 2 aromatic heterocycles. The van der Waals surface area contributed by atoms with Crippen molar-refractivity contribution in [3.05, 3.63) is 59.4 Å². The van der Waals surface area contributed by atoms with Crippen LogP contribution >= 0.6 is 0 Å². The summed E-state index contributed by atoms with van der Waals surface area (Å²) < 4.78 is 63.3. The molecule has 3 atom stereocenters. The molecule has 3 aromatic rings. The number of hydrogen-bond acceptors (Lipinski definition) is 8. The van der Waals surface area contributed by atoms with Crippen LogP contribution < -0.4 is 10.8 Å². The second-order valence-corrected chi connectivity index (χ2v) is 10.0. The summed E-state index contributed by atoms with van der Waals surface area (Å²) in [5.41, 5.74) is -0.548. The lowest BCUT2D eigenvalue weighted by molar-refractivity contribution is -0.146. The molecule has 212 valence electrons. The molecule has 0 saturated heterocycles. The highest BCUT2D eigenvalue weighted by atomic mass is 19.4. The fourth-order valence-corrected chi connectivity index (χ4v) is 3.94. The first kappa shape index (κ1) is 29.8. The van der Waals surface area contributed by atoms with E-state index in [1.807, 2.05) is 0 Å². The van der Waals surface area contributed by atoms with E-state index in [1.165, 1.54) is 11.7 Å². The van der Waals surface area contributed by atoms with Gasteiger partial charge in [0.2, 0.25) is 5.91 Å². The van der Waals surface area contributed by atoms with Crippen molar-refractivity contribution < 1.29 is 46.4 Å². The average molecular weight is 557 g/mol. The number of hydrogen-bond donors (Lipinski definition) is 4. The molecular formula is C25H28F4N4O6. The van der Waals surface area contributed by atoms with Crippen LogP contribution in [0.25, 0.3) is 11.7 Å². The fraction of sp³-hybridized carbons (Fsp3) is 0.440. The second-order valence-electron chi connectivity index (χ2n) is 10.0. The van der Waals surface area contributed by atoms with E-state index in [4.69, 9.17) is 14.1 Å². The van der Waals surface area contributed by atoms with Crippen LogP contribution in [0.2, 0.25) is 0 Å². The molecule has 2 heterocycles. The van der Waals surface area contributed by atoms with Crippen molar-refractivity contribution in [1.82, 2.24) is 20.9 Å². The van der Waals surface area contributed by atoms with Crippen LogP contribution in [-0.4, -0.2) is 38.4 Å². The maximum Gasteiger partial charge on any atom is 0.416 e. The molecule has 10 nitrogen and oxygen atoms in total. The van der Waals surface area contributed by atoms with Gasteiger partial charge in [0.05, 0.1) is 23.8 Å². The molecule has 0 spiro atoms. The lowest BCUT2D eigenvalue weighted by Gasteiger charge is -2.31. The van der Waals surface area contributed by atoms with Crippen LogP contribution in [0.15, 0.2) is 45.5 Å². The lowest BCUT2D eigenvalue weighted by atomic mass is 9.85. The number of halogens is 4. The van der Waals surface area contributed by atoms with Crippen molar-refractivity contribution in [2.24, 2.45) is 11.3 Å². The number of aryl methyl sites for hydroxylation is 1. The molecule has 0 unspecified atom stereocenters. The Morgan fingerprint density at radius 1 is 1.13 bits per heavy atom. The van der Waals surface area contributed by atoms with Crippen molar-refractivity contribution in [2.75, 3.05) is 0 Å². The Bertz CT molecular complexity index is 1270. The smallest absolute Gasteiger partial charge is 0.416 e. The number of hydroxylamine groups is 1. The van der Waals surface area contributed by atoms with E-state index in [0.29, 0.717) is 11.8 Å². The van der Waals surface area contributed by atoms with Crippen LogP contribution in [-0.2, 0) is 22.2 Å². The van der Waals surface area contributed by atoms with Crippen LogP contribution in [0.1, 0.15) is 56.6 Å². The van der Waals surface area contributed by atoms with E-state index < -0.39 is 52.9 Å². The minimum absolute atomic E-state index is 0.000355. The van der Waals surface area contributed by atoms with E-state index in [9.17, 15) is 32.3 Å². The highest BCUT2D eigenvalue weighted by Gasteiger charge is 2.38. The Kier molecular flexibility index (Phi) is 9.12. The summed E-state index contributed by atoms with van der Waals surface area (Å²) in [5.74, 6) is -4.14. The average Bonchev–Trinajstić information content (AvgIpc) is 3.55. The first-order chi connectivity index (χ1) is 18.2. The van der Waals surface area contributed by atoms with Gasteiger partial charge in [-0.3, -0.25) is 14.8 Å². The highest BCUT2D eigenvalue weighted by molar-refractivity contribution is 5.88. The normalized spacial score (nSPS) is 14.5. The van der Waals surface area contributed by atoms with Gasteiger partial charge in [0, 0.05) is 0 Å². The van der Waals surface area contributed by atoms with Crippen LogP contribution in [0.5, 0.6) is 0 Å². The van der Waals surface area contributed by atoms with Gasteiger partial charge in [-0.1, -0.05) is 25.9 Å². The largest absolute Gasteiger partial charge is 0.459 e. The molecule has 3 rings (SSSR count). The number of carbonyl (C=O) groups excluding carboxylic acids is 2. The van der Waals surface area contributed by atoms with Gasteiger partial charge >= 0.3 is 6.18 Å². The van der Waals surface area contributed by atoms with Crippen molar-refractivity contribution in [2.45, 2.75) is 58.4 Å². The van der Waals surface area contributed by atoms with Crippen molar-refractivity contribution in [3.8, 4) is 11.7 Å². The fourth-order valence-electron chi connectivity index (χ4n) is 3.94. The first-order valence-electron chi connectivity index (χ1n) is 11.9. The molecule has 0 saturated carbocycles. The van der Waals surface area contributed by atoms with Gasteiger partial charge in [0.25, 0.3) is 11.8 Å². The number of aromatic nitrogens is 2. The monoisotopic (exact) mass is 556 g/mol. The molecule has 0 aliphatic rings. The molecule has 0 bridgehead atoms. The topological polar surface area (TPSA) is 151 Å². The summed E-state index contributed by atoms with van der Waals surface area (Å²) >= 11 is 0. The van der Waals surface area contributed by atoms with Crippen LogP contribution in [0, 0.1) is 17.2 Å². The second kappa shape index (κ2) is 11.9. The minimum atomic E-state index is -4.75. The summed E-state index contributed by atoms with van der Waals surface area (Å²) in [5, 5.41) is 26.0. The number of furan rings is 1. The number of aliphatic hydroxyl groups excluding tert-OH is 1. The Labute approximate surface area is 220 Å². The molecule has 0 radical (unpaired) electrons. The lowest BCUT2D eigenvalue weighted by Crippen LogP contribution is -2.48. The van der Waals surface area contributed by atoms with Gasteiger partial charge in [-0.05, 0) is 60.6 Å². The molecule has 1 aromatic carbocycles. The minimum Gasteiger partial charge on any atom is -0.459 e. The number of alkyl halides is 3. The van der Waals surface area contributed by atoms with Gasteiger partial charge in [0.1, 0.15) is 11.9 Å². The number of rotatable bonds is 10. The SMILES string of the molecule is CC(C)(C)[C@H](NC(=O)[C@H](CCCc1cc(F)cc(C(F)(F)F)c1)[C@H](O)C(=O)NO)c1noc(-c2ccco2)n1. The maximum atomic E-state index is 13.7. The summed E-state index contributed by atoms with van der Waals surface area (Å²) in [6.45, 7) is 5.32. The third-order valence-electron chi connectivity index (χ3n) is 5.95. The molecule has 0 aliphatic carbocycles. The highest BCUT2D eigenvalue weighted by Crippen LogP contribution is 2.34. The summed E-state index contributed by atoms with van der Waals surface area (Å²) in [7, 11) is 0. The number of benzene rings is 1. The van der Waals surface area contributed by atoms with Gasteiger partial charge in [-0.15, -0.1) is 0 Å². The molecular weight excluding hydrogens is 528 g/mol. The Hall–Kier alpha value is -3.78. The maximum absolute atomic E-state index is 13.7. The third kappa shape index (κ3) is 7.63. The van der Waals surface area contributed by atoms with Gasteiger partial charge in [0.15, 0.2) is 11.6 Å². The van der Waals surface area contributed by atoms with Crippen molar-refractivity contribution >= 4 is 11.8 Å². The molecule has 39 heavy (non-hydrogen) atoms. The zero-order valence-electron chi connectivity index (χ0n) is 21.3. The van der Waals surface area contributed by atoms with E-state index in [2.05, 4.69) is 15.5 Å². The molecule has 0 fully saturated rings. The van der Waals surface area contributed by atoms with Crippen molar-refractivity contribution in [3.63, 3.8) is 0 Å². The Morgan fingerprint density at radius 2 is 1.85 bits per heavy atom. The number of nitrogens with one attached hydrogen (secondary N) is 2. The molecule has 14 heteroatoms. The third-order valence-corrected chi connectivity index (χ3v) is 5.95. The zero-order valence-corrected chi connectivity index (χ0v) is 21.3. The van der Waals surface area contributed by atoms with Gasteiger partial charge < -0.3 is 19.4 Å². The zero-order chi connectivity index (χ0) is 29.0. The number of aliphatic hydroxyl groups is 1. The predicted molar refractivity (Wildman–Crippen MR) is 126 cm³/mol. The predicted octanol–water partition coefficient (Wildman–Crippen LogP) is 4.20. The number of amides is 2. The first-order valence-corrected chi connectivity index (χ1v) is 11.9. The number of nitrogens with zero attached hydrogens (tertiary/aromatic N) is 2. The Balaban J connectivity index is 1.79.